The van der Waals surface area contributed by atoms with Crippen molar-refractivity contribution in [2.45, 2.75) is 12.5 Å². The normalized spacial score (nSPS) is 11.0. The van der Waals surface area contributed by atoms with Gasteiger partial charge in [0.05, 0.1) is 17.6 Å². The van der Waals surface area contributed by atoms with Crippen molar-refractivity contribution in [3.05, 3.63) is 33.9 Å². The van der Waals surface area contributed by atoms with Gasteiger partial charge < -0.3 is 10.1 Å². The molecule has 0 radical (unpaired) electrons. The van der Waals surface area contributed by atoms with E-state index in [1.54, 1.807) is 0 Å². The fraction of sp³-hybridized carbons (Fsp3) is 0.417. The minimum Gasteiger partial charge on any atom is -0.490 e. The number of carbonyl (C=O) groups is 1. The molecule has 110 valence electrons. The van der Waals surface area contributed by atoms with Crippen LogP contribution in [-0.4, -0.2) is 34.1 Å². The minimum absolute atomic E-state index is 0.0574. The highest BCUT2D eigenvalue weighted by molar-refractivity contribution is 9.09. The summed E-state index contributed by atoms with van der Waals surface area (Å²) in [5, 5.41) is 14.8. The molecule has 20 heavy (non-hydrogen) atoms. The number of hydrogen-bond acceptors (Lipinski definition) is 4. The Balaban J connectivity index is 3.03. The van der Waals surface area contributed by atoms with E-state index in [9.17, 15) is 14.9 Å². The SMILES string of the molecule is COc1cc(C(=O)NC(C)(CBr)CBr)ccc1[N+](=O)[O-]. The lowest BCUT2D eigenvalue weighted by atomic mass is 10.1. The van der Waals surface area contributed by atoms with Crippen molar-refractivity contribution in [2.75, 3.05) is 17.8 Å². The van der Waals surface area contributed by atoms with Crippen LogP contribution in [0.3, 0.4) is 0 Å². The summed E-state index contributed by atoms with van der Waals surface area (Å²) in [7, 11) is 1.32. The van der Waals surface area contributed by atoms with Crippen LogP contribution in [0.25, 0.3) is 0 Å². The molecule has 0 heterocycles. The van der Waals surface area contributed by atoms with Crippen molar-refractivity contribution in [1.29, 1.82) is 0 Å². The van der Waals surface area contributed by atoms with Crippen LogP contribution in [-0.2, 0) is 0 Å². The highest BCUT2D eigenvalue weighted by Crippen LogP contribution is 2.27. The van der Waals surface area contributed by atoms with Gasteiger partial charge in [0.15, 0.2) is 5.75 Å². The molecule has 0 saturated carbocycles. The molecule has 0 unspecified atom stereocenters. The van der Waals surface area contributed by atoms with Gasteiger partial charge >= 0.3 is 5.69 Å². The predicted molar refractivity (Wildman–Crippen MR) is 83.1 cm³/mol. The van der Waals surface area contributed by atoms with Gasteiger partial charge in [0.2, 0.25) is 0 Å². The summed E-state index contributed by atoms with van der Waals surface area (Å²) in [5.74, 6) is -0.262. The third kappa shape index (κ3) is 3.92. The quantitative estimate of drug-likeness (QED) is 0.445. The van der Waals surface area contributed by atoms with Gasteiger partial charge in [-0.1, -0.05) is 31.9 Å². The smallest absolute Gasteiger partial charge is 0.310 e. The van der Waals surface area contributed by atoms with Crippen molar-refractivity contribution >= 4 is 43.5 Å². The molecular weight excluding hydrogens is 396 g/mol. The van der Waals surface area contributed by atoms with Crippen LogP contribution >= 0.6 is 31.9 Å². The molecule has 0 atom stereocenters. The monoisotopic (exact) mass is 408 g/mol. The minimum atomic E-state index is -0.554. The Morgan fingerprint density at radius 3 is 2.50 bits per heavy atom. The maximum atomic E-state index is 12.1. The van der Waals surface area contributed by atoms with Crippen LogP contribution in [0.5, 0.6) is 5.75 Å². The number of halogens is 2. The fourth-order valence-electron chi connectivity index (χ4n) is 1.42. The Morgan fingerprint density at radius 2 is 2.05 bits per heavy atom. The average Bonchev–Trinajstić information content (AvgIpc) is 2.46. The van der Waals surface area contributed by atoms with Crippen LogP contribution in [0.1, 0.15) is 17.3 Å². The molecule has 0 fully saturated rings. The Labute approximate surface area is 133 Å². The number of carbonyl (C=O) groups excluding carboxylic acids is 1. The van der Waals surface area contributed by atoms with E-state index in [4.69, 9.17) is 4.74 Å². The van der Waals surface area contributed by atoms with Crippen LogP contribution in [0.2, 0.25) is 0 Å². The number of hydrogen-bond donors (Lipinski definition) is 1. The number of nitrogens with zero attached hydrogens (tertiary/aromatic N) is 1. The van der Waals surface area contributed by atoms with Gasteiger partial charge in [-0.2, -0.15) is 0 Å². The molecule has 1 amide bonds. The Hall–Kier alpha value is -1.15. The molecule has 0 aliphatic rings. The molecule has 1 N–H and O–H groups in total. The number of nitro benzene ring substituents is 1. The Kier molecular flexibility index (Phi) is 5.94. The molecule has 0 aliphatic carbocycles. The predicted octanol–water partition coefficient (Wildman–Crippen LogP) is 2.88. The molecule has 0 spiro atoms. The second-order valence-corrected chi connectivity index (χ2v) is 5.55. The van der Waals surface area contributed by atoms with Gasteiger partial charge in [0.25, 0.3) is 5.91 Å². The molecule has 0 bridgehead atoms. The zero-order valence-corrected chi connectivity index (χ0v) is 14.2. The first-order chi connectivity index (χ1) is 9.36. The highest BCUT2D eigenvalue weighted by atomic mass is 79.9. The topological polar surface area (TPSA) is 81.5 Å². The number of alkyl halides is 2. The molecule has 0 aliphatic heterocycles. The van der Waals surface area contributed by atoms with Crippen LogP contribution in [0.15, 0.2) is 18.2 Å². The van der Waals surface area contributed by atoms with Crippen molar-refractivity contribution in [2.24, 2.45) is 0 Å². The molecule has 1 aromatic rings. The van der Waals surface area contributed by atoms with Crippen LogP contribution < -0.4 is 10.1 Å². The van der Waals surface area contributed by atoms with Gasteiger partial charge in [0.1, 0.15) is 0 Å². The maximum Gasteiger partial charge on any atom is 0.310 e. The van der Waals surface area contributed by atoms with E-state index in [0.29, 0.717) is 16.2 Å². The number of benzene rings is 1. The summed E-state index contributed by atoms with van der Waals surface area (Å²) < 4.78 is 4.94. The van der Waals surface area contributed by atoms with E-state index in [-0.39, 0.29) is 17.3 Å². The summed E-state index contributed by atoms with van der Waals surface area (Å²) in [5.41, 5.74) is -0.320. The Morgan fingerprint density at radius 1 is 1.45 bits per heavy atom. The first-order valence-corrected chi connectivity index (χ1v) is 7.88. The third-order valence-electron chi connectivity index (χ3n) is 2.64. The average molecular weight is 410 g/mol. The summed E-state index contributed by atoms with van der Waals surface area (Å²) in [6.07, 6.45) is 0. The number of nitrogens with one attached hydrogen (secondary N) is 1. The lowest BCUT2D eigenvalue weighted by Crippen LogP contribution is -2.48. The van der Waals surface area contributed by atoms with Crippen molar-refractivity contribution < 1.29 is 14.5 Å². The zero-order chi connectivity index (χ0) is 15.3. The third-order valence-corrected chi connectivity index (χ3v) is 5.12. The second kappa shape index (κ2) is 7.03. The number of ether oxygens (including phenoxy) is 1. The van der Waals surface area contributed by atoms with E-state index in [2.05, 4.69) is 37.2 Å². The van der Waals surface area contributed by atoms with Gasteiger partial charge in [0, 0.05) is 28.4 Å². The van der Waals surface area contributed by atoms with Crippen molar-refractivity contribution in [3.63, 3.8) is 0 Å². The number of nitro groups is 1. The van der Waals surface area contributed by atoms with Gasteiger partial charge in [-0.15, -0.1) is 0 Å². The molecule has 0 saturated heterocycles. The number of amides is 1. The summed E-state index contributed by atoms with van der Waals surface area (Å²) >= 11 is 6.67. The largest absolute Gasteiger partial charge is 0.490 e. The van der Waals surface area contributed by atoms with Gasteiger partial charge in [-0.25, -0.2) is 0 Å². The van der Waals surface area contributed by atoms with Crippen LogP contribution in [0, 0.1) is 10.1 Å². The lowest BCUT2D eigenvalue weighted by molar-refractivity contribution is -0.385. The lowest BCUT2D eigenvalue weighted by Gasteiger charge is -2.26. The Bertz CT molecular complexity index is 518. The summed E-state index contributed by atoms with van der Waals surface area (Å²) in [4.78, 5) is 22.4. The molecule has 6 nitrogen and oxygen atoms in total. The van der Waals surface area contributed by atoms with E-state index in [0.717, 1.165) is 0 Å². The summed E-state index contributed by atoms with van der Waals surface area (Å²) in [6.45, 7) is 1.87. The van der Waals surface area contributed by atoms with E-state index >= 15 is 0 Å². The number of rotatable bonds is 6. The van der Waals surface area contributed by atoms with Crippen LogP contribution in [0.4, 0.5) is 5.69 Å². The maximum absolute atomic E-state index is 12.1. The zero-order valence-electron chi connectivity index (χ0n) is 11.0. The van der Waals surface area contributed by atoms with Gasteiger partial charge in [-0.3, -0.25) is 14.9 Å². The van der Waals surface area contributed by atoms with Crippen molar-refractivity contribution in [1.82, 2.24) is 5.32 Å². The summed E-state index contributed by atoms with van der Waals surface area (Å²) in [6, 6.07) is 4.02. The fourth-order valence-corrected chi connectivity index (χ4v) is 2.63. The molecule has 8 heteroatoms. The number of methoxy groups -OCH3 is 1. The highest BCUT2D eigenvalue weighted by Gasteiger charge is 2.25. The first-order valence-electron chi connectivity index (χ1n) is 5.63. The van der Waals surface area contributed by atoms with E-state index in [1.807, 2.05) is 6.92 Å². The molecular formula is C12H14Br2N2O4. The van der Waals surface area contributed by atoms with Gasteiger partial charge in [-0.05, 0) is 13.0 Å². The van der Waals surface area contributed by atoms with E-state index in [1.165, 1.54) is 25.3 Å². The first kappa shape index (κ1) is 16.9. The second-order valence-electron chi connectivity index (χ2n) is 4.43. The molecule has 0 aromatic heterocycles. The molecule has 1 aromatic carbocycles. The van der Waals surface area contributed by atoms with Crippen molar-refractivity contribution in [3.8, 4) is 5.75 Å². The molecule has 1 rings (SSSR count). The van der Waals surface area contributed by atoms with E-state index < -0.39 is 10.5 Å². The standard InChI is InChI=1S/C12H14Br2N2O4/c1-12(6-13,7-14)15-11(17)8-3-4-9(16(18)19)10(5-8)20-2/h3-5H,6-7H2,1-2H3,(H,15,17).